The summed E-state index contributed by atoms with van der Waals surface area (Å²) in [6.07, 6.45) is 7.11. The van der Waals surface area contributed by atoms with Crippen molar-refractivity contribution in [2.24, 2.45) is 23.7 Å². The van der Waals surface area contributed by atoms with Crippen LogP contribution >= 0.6 is 0 Å². The maximum atomic E-state index is 2.51. The highest BCUT2D eigenvalue weighted by Crippen LogP contribution is 2.70. The van der Waals surface area contributed by atoms with Gasteiger partial charge in [-0.2, -0.15) is 0 Å². The van der Waals surface area contributed by atoms with Crippen molar-refractivity contribution in [1.82, 2.24) is 4.57 Å². The van der Waals surface area contributed by atoms with Gasteiger partial charge >= 0.3 is 0 Å². The molecule has 0 unspecified atom stereocenters. The van der Waals surface area contributed by atoms with Gasteiger partial charge in [-0.05, 0) is 166 Å². The smallest absolute Gasteiger partial charge is 0.0561 e. The minimum atomic E-state index is 0.181. The Hall–Kier alpha value is -7.42. The molecule has 5 aliphatic rings. The molecule has 1 spiro atoms. The van der Waals surface area contributed by atoms with Crippen LogP contribution in [0.2, 0.25) is 0 Å². The zero-order valence-corrected chi connectivity index (χ0v) is 37.0. The number of aromatic nitrogens is 1. The molecule has 15 rings (SSSR count). The van der Waals surface area contributed by atoms with Crippen molar-refractivity contribution in [3.63, 3.8) is 0 Å². The average molecular weight is 847 g/mol. The number of hydrogen-bond donors (Lipinski definition) is 0. The molecule has 0 N–H and O–H groups in total. The van der Waals surface area contributed by atoms with Crippen LogP contribution in [0.5, 0.6) is 0 Å². The molecule has 2 nitrogen and oxygen atoms in total. The predicted octanol–water partition coefficient (Wildman–Crippen LogP) is 17.0. The monoisotopic (exact) mass is 846 g/mol. The van der Waals surface area contributed by atoms with Crippen LogP contribution in [0.25, 0.3) is 72.0 Å². The van der Waals surface area contributed by atoms with Crippen molar-refractivity contribution < 1.29 is 0 Å². The van der Waals surface area contributed by atoms with Crippen LogP contribution in [0, 0.1) is 23.7 Å². The van der Waals surface area contributed by atoms with E-state index in [1.807, 2.05) is 0 Å². The second kappa shape index (κ2) is 14.8. The molecule has 4 bridgehead atoms. The SMILES string of the molecule is c1ccc(-c2ccc(N(c3ccc(-c4ccc(-c5cccc6c5-c5ccccc5C65C6CC7CC(C6)CC5C7)cc4)cc3)c3ccc4c5ccccc5n(-c5ccccc5)c4c3)cc2)cc1. The molecule has 316 valence electrons. The second-order valence-electron chi connectivity index (χ2n) is 19.7. The summed E-state index contributed by atoms with van der Waals surface area (Å²) in [6, 6.07) is 81.4. The Morgan fingerprint density at radius 1 is 0.364 bits per heavy atom. The first-order valence-electron chi connectivity index (χ1n) is 24.2. The molecule has 66 heavy (non-hydrogen) atoms. The summed E-state index contributed by atoms with van der Waals surface area (Å²) in [5.41, 5.74) is 20.8. The van der Waals surface area contributed by atoms with E-state index in [0.29, 0.717) is 0 Å². The fraction of sp³-hybridized carbons (Fsp3) is 0.156. The maximum Gasteiger partial charge on any atom is 0.0561 e. The van der Waals surface area contributed by atoms with Crippen molar-refractivity contribution in [3.8, 4) is 50.2 Å². The zero-order chi connectivity index (χ0) is 43.3. The van der Waals surface area contributed by atoms with Gasteiger partial charge in [0.1, 0.15) is 0 Å². The lowest BCUT2D eigenvalue weighted by atomic mass is 9.43. The average Bonchev–Trinajstić information content (AvgIpc) is 3.87. The van der Waals surface area contributed by atoms with Gasteiger partial charge in [-0.15, -0.1) is 0 Å². The number of nitrogens with zero attached hydrogens (tertiary/aromatic N) is 2. The van der Waals surface area contributed by atoms with Crippen LogP contribution in [0.1, 0.15) is 43.2 Å². The Balaban J connectivity index is 0.836. The third-order valence-electron chi connectivity index (χ3n) is 16.4. The number of rotatable bonds is 7. The molecule has 1 aromatic heterocycles. The Morgan fingerprint density at radius 2 is 0.864 bits per heavy atom. The van der Waals surface area contributed by atoms with Crippen LogP contribution in [-0.2, 0) is 5.41 Å². The van der Waals surface area contributed by atoms with Crippen molar-refractivity contribution in [2.45, 2.75) is 37.5 Å². The fourth-order valence-corrected chi connectivity index (χ4v) is 13.9. The highest BCUT2D eigenvalue weighted by atomic mass is 15.1. The highest BCUT2D eigenvalue weighted by molar-refractivity contribution is 6.10. The number of benzene rings is 9. The van der Waals surface area contributed by atoms with E-state index >= 15 is 0 Å². The van der Waals surface area contributed by atoms with Crippen molar-refractivity contribution in [3.05, 3.63) is 230 Å². The normalized spacial score (nSPS) is 21.1. The number of fused-ring (bicyclic) bond motifs is 6. The van der Waals surface area contributed by atoms with Crippen molar-refractivity contribution >= 4 is 38.9 Å². The van der Waals surface area contributed by atoms with Crippen molar-refractivity contribution in [1.29, 1.82) is 0 Å². The molecule has 2 heteroatoms. The minimum Gasteiger partial charge on any atom is -0.310 e. The Kier molecular flexibility index (Phi) is 8.50. The Bertz CT molecular complexity index is 3420. The Labute approximate surface area is 387 Å². The molecule has 1 heterocycles. The van der Waals surface area contributed by atoms with Crippen LogP contribution in [0.3, 0.4) is 0 Å². The third kappa shape index (κ3) is 5.67. The first-order valence-corrected chi connectivity index (χ1v) is 24.2. The lowest BCUT2D eigenvalue weighted by Gasteiger charge is -2.61. The minimum absolute atomic E-state index is 0.181. The summed E-state index contributed by atoms with van der Waals surface area (Å²) in [5, 5.41) is 2.50. The summed E-state index contributed by atoms with van der Waals surface area (Å²) < 4.78 is 2.40. The number of para-hydroxylation sites is 2. The summed E-state index contributed by atoms with van der Waals surface area (Å²) in [4.78, 5) is 2.40. The molecule has 0 aliphatic heterocycles. The van der Waals surface area contributed by atoms with Gasteiger partial charge in [-0.3, -0.25) is 0 Å². The van der Waals surface area contributed by atoms with Gasteiger partial charge in [-0.25, -0.2) is 0 Å². The summed E-state index contributed by atoms with van der Waals surface area (Å²) in [5.74, 6) is 3.42. The molecule has 0 saturated heterocycles. The summed E-state index contributed by atoms with van der Waals surface area (Å²) in [6.45, 7) is 0. The Morgan fingerprint density at radius 3 is 1.55 bits per heavy atom. The lowest BCUT2D eigenvalue weighted by Crippen LogP contribution is -2.55. The molecular weight excluding hydrogens is 797 g/mol. The van der Waals surface area contributed by atoms with Gasteiger partial charge in [0.15, 0.2) is 0 Å². The van der Waals surface area contributed by atoms with Gasteiger partial charge in [0.25, 0.3) is 0 Å². The lowest BCUT2D eigenvalue weighted by molar-refractivity contribution is -0.0399. The third-order valence-corrected chi connectivity index (χ3v) is 16.4. The first-order chi connectivity index (χ1) is 32.7. The van der Waals surface area contributed by atoms with Gasteiger partial charge in [0.2, 0.25) is 0 Å². The zero-order valence-electron chi connectivity index (χ0n) is 37.0. The second-order valence-corrected chi connectivity index (χ2v) is 19.7. The topological polar surface area (TPSA) is 8.17 Å². The molecule has 4 fully saturated rings. The van der Waals surface area contributed by atoms with Gasteiger partial charge in [0, 0.05) is 38.9 Å². The van der Waals surface area contributed by atoms with E-state index in [1.165, 1.54) is 98.4 Å². The molecule has 0 atom stereocenters. The maximum absolute atomic E-state index is 2.51. The van der Waals surface area contributed by atoms with Gasteiger partial charge in [0.05, 0.1) is 11.0 Å². The van der Waals surface area contributed by atoms with E-state index < -0.39 is 0 Å². The predicted molar refractivity (Wildman–Crippen MR) is 275 cm³/mol. The number of anilines is 3. The molecular formula is C64H50N2. The van der Waals surface area contributed by atoms with E-state index in [9.17, 15) is 0 Å². The molecule has 9 aromatic carbocycles. The van der Waals surface area contributed by atoms with Crippen LogP contribution in [0.15, 0.2) is 218 Å². The van der Waals surface area contributed by atoms with Crippen LogP contribution in [-0.4, -0.2) is 4.57 Å². The van der Waals surface area contributed by atoms with E-state index in [1.54, 1.807) is 11.1 Å². The van der Waals surface area contributed by atoms with E-state index in [-0.39, 0.29) is 5.41 Å². The van der Waals surface area contributed by atoms with Gasteiger partial charge in [-0.1, -0.05) is 164 Å². The van der Waals surface area contributed by atoms with E-state index in [4.69, 9.17) is 0 Å². The van der Waals surface area contributed by atoms with Crippen LogP contribution < -0.4 is 4.90 Å². The summed E-state index contributed by atoms with van der Waals surface area (Å²) in [7, 11) is 0. The van der Waals surface area contributed by atoms with E-state index in [2.05, 4.69) is 228 Å². The first kappa shape index (κ1) is 37.9. The highest BCUT2D eigenvalue weighted by Gasteiger charge is 2.61. The van der Waals surface area contributed by atoms with Gasteiger partial charge < -0.3 is 9.47 Å². The molecule has 5 aliphatic carbocycles. The standard InChI is InChI=1S/C64H50N2/c1-3-12-44(13-4-1)46-26-30-52(31-27-46)65(54-34-35-57-56-16-8-10-21-61(56)66(62(57)41-54)51-14-5-2-6-15-51)53-32-28-47(29-33-53)45-22-24-48(25-23-45)55-18-11-20-60-63(55)58-17-7-9-19-59(58)64(60)49-37-42-36-43(39-49)40-50(64)38-42/h1-35,41-43,49-50H,36-40H2. The molecule has 10 aromatic rings. The molecule has 0 radical (unpaired) electrons. The largest absolute Gasteiger partial charge is 0.310 e. The number of hydrogen-bond acceptors (Lipinski definition) is 1. The summed E-state index contributed by atoms with van der Waals surface area (Å²) >= 11 is 0. The van der Waals surface area contributed by atoms with Crippen molar-refractivity contribution in [2.75, 3.05) is 4.90 Å². The molecule has 4 saturated carbocycles. The quantitative estimate of drug-likeness (QED) is 0.155. The molecule has 0 amide bonds. The fourth-order valence-electron chi connectivity index (χ4n) is 13.9. The van der Waals surface area contributed by atoms with E-state index in [0.717, 1.165) is 46.4 Å². The van der Waals surface area contributed by atoms with Crippen LogP contribution in [0.4, 0.5) is 17.1 Å².